The minimum atomic E-state index is -0.713. The Balaban J connectivity index is 0. The average Bonchev–Trinajstić information content (AvgIpc) is 1.35. The lowest BCUT2D eigenvalue weighted by atomic mass is 10.4. The molecule has 0 aromatic rings. The number of hydrogen-bond acceptors (Lipinski definition) is 2. The van der Waals surface area contributed by atoms with Gasteiger partial charge < -0.3 is 10.2 Å². The molecule has 0 heterocycles. The van der Waals surface area contributed by atoms with E-state index in [2.05, 4.69) is 5.92 Å². The normalized spacial score (nSPS) is 10.0. The van der Waals surface area contributed by atoms with Crippen LogP contribution in [0.1, 0.15) is 6.92 Å². The van der Waals surface area contributed by atoms with Crippen molar-refractivity contribution in [3.05, 3.63) is 0 Å². The molecule has 0 fully saturated rings. The van der Waals surface area contributed by atoms with Crippen LogP contribution in [0.4, 0.5) is 0 Å². The van der Waals surface area contributed by atoms with Gasteiger partial charge in [-0.1, -0.05) is 0 Å². The molecule has 0 bridgehead atoms. The van der Waals surface area contributed by atoms with Gasteiger partial charge in [-0.15, -0.1) is 12.4 Å². The second kappa shape index (κ2) is 5.61. The zero-order valence-electron chi connectivity index (χ0n) is 3.88. The molecule has 0 aromatic heterocycles. The van der Waals surface area contributed by atoms with Crippen LogP contribution in [0.25, 0.3) is 0 Å². The minimum Gasteiger partial charge on any atom is -0.462 e. The average molecular weight is 123 g/mol. The number of halogens is 1. The van der Waals surface area contributed by atoms with Gasteiger partial charge in [0, 0.05) is 0 Å². The maximum Gasteiger partial charge on any atom is 0.115 e. The van der Waals surface area contributed by atoms with Crippen LogP contribution in [0.3, 0.4) is 0 Å². The van der Waals surface area contributed by atoms with Crippen molar-refractivity contribution in [2.75, 3.05) is 0 Å². The van der Waals surface area contributed by atoms with Gasteiger partial charge >= 0.3 is 0 Å². The Morgan fingerprint density at radius 2 is 2.00 bits per heavy atom. The molecule has 1 unspecified atom stereocenters. The highest BCUT2D eigenvalue weighted by molar-refractivity contribution is 5.85. The first-order valence-corrected chi connectivity index (χ1v) is 1.60. The summed E-state index contributed by atoms with van der Waals surface area (Å²) >= 11 is 0. The molecule has 0 aromatic carbocycles. The lowest BCUT2D eigenvalue weighted by molar-refractivity contribution is 0.252. The first-order valence-electron chi connectivity index (χ1n) is 1.60. The van der Waals surface area contributed by atoms with Gasteiger partial charge in [-0.2, -0.15) is 0 Å². The lowest BCUT2D eigenvalue weighted by Gasteiger charge is -1.81. The quantitative estimate of drug-likeness (QED) is 0.448. The Hall–Kier alpha value is -0.390. The van der Waals surface area contributed by atoms with Gasteiger partial charge in [0.05, 0.1) is 0 Å². The van der Waals surface area contributed by atoms with E-state index < -0.39 is 6.10 Å². The molecule has 0 radical (unpaired) electrons. The zero-order valence-corrected chi connectivity index (χ0v) is 4.70. The Morgan fingerprint density at radius 3 is 2.00 bits per heavy atom. The highest BCUT2D eigenvalue weighted by Gasteiger charge is 1.78. The molecule has 3 heteroatoms. The topological polar surface area (TPSA) is 40.5 Å². The van der Waals surface area contributed by atoms with Crippen LogP contribution in [0.5, 0.6) is 0 Å². The van der Waals surface area contributed by atoms with Crippen molar-refractivity contribution in [3.8, 4) is 12.0 Å². The summed E-state index contributed by atoms with van der Waals surface area (Å²) in [6.07, 6.45) is 0.854. The van der Waals surface area contributed by atoms with E-state index in [9.17, 15) is 0 Å². The van der Waals surface area contributed by atoms with Crippen LogP contribution in [0.15, 0.2) is 0 Å². The van der Waals surface area contributed by atoms with Crippen molar-refractivity contribution in [1.29, 1.82) is 0 Å². The molecule has 0 saturated heterocycles. The van der Waals surface area contributed by atoms with Crippen LogP contribution in [0.2, 0.25) is 0 Å². The SMILES string of the molecule is CC(O)C#CO.Cl. The van der Waals surface area contributed by atoms with Crippen LogP contribution < -0.4 is 0 Å². The maximum absolute atomic E-state index is 8.22. The summed E-state index contributed by atoms with van der Waals surface area (Å²) in [4.78, 5) is 0. The number of hydrogen-bond donors (Lipinski definition) is 2. The predicted octanol–water partition coefficient (Wildman–Crippen LogP) is 0.122. The van der Waals surface area contributed by atoms with Crippen molar-refractivity contribution in [2.45, 2.75) is 13.0 Å². The highest BCUT2D eigenvalue weighted by Crippen LogP contribution is 1.68. The van der Waals surface area contributed by atoms with E-state index in [1.807, 2.05) is 0 Å². The Kier molecular flexibility index (Phi) is 7.84. The Bertz CT molecular complexity index is 79.4. The molecule has 0 aliphatic carbocycles. The van der Waals surface area contributed by atoms with Gasteiger partial charge in [-0.25, -0.2) is 0 Å². The fourth-order valence-electron chi connectivity index (χ4n) is 0.0934. The standard InChI is InChI=1S/C4H6O2.ClH/c1-4(6)2-3-5;/h4-6H,1H3;1H. The second-order valence-corrected chi connectivity index (χ2v) is 0.932. The molecular formula is C4H7ClO2. The van der Waals surface area contributed by atoms with Gasteiger partial charge in [-0.3, -0.25) is 0 Å². The second-order valence-electron chi connectivity index (χ2n) is 0.932. The van der Waals surface area contributed by atoms with Crippen LogP contribution >= 0.6 is 12.4 Å². The number of aliphatic hydroxyl groups is 2. The smallest absolute Gasteiger partial charge is 0.115 e. The molecule has 2 N–H and O–H groups in total. The molecule has 0 spiro atoms. The fourth-order valence-corrected chi connectivity index (χ4v) is 0.0934. The first-order chi connectivity index (χ1) is 2.77. The van der Waals surface area contributed by atoms with Crippen LogP contribution in [-0.2, 0) is 0 Å². The molecule has 0 saturated carbocycles. The fraction of sp³-hybridized carbons (Fsp3) is 0.500. The zero-order chi connectivity index (χ0) is 4.99. The van der Waals surface area contributed by atoms with Gasteiger partial charge in [0.2, 0.25) is 0 Å². The Labute approximate surface area is 48.6 Å². The summed E-state index contributed by atoms with van der Waals surface area (Å²) in [6, 6.07) is 0. The van der Waals surface area contributed by atoms with Crippen molar-refractivity contribution < 1.29 is 10.2 Å². The summed E-state index contributed by atoms with van der Waals surface area (Å²) < 4.78 is 0. The van der Waals surface area contributed by atoms with Crippen molar-refractivity contribution in [2.24, 2.45) is 0 Å². The predicted molar refractivity (Wildman–Crippen MR) is 28.6 cm³/mol. The third kappa shape index (κ3) is 10.7. The van der Waals surface area contributed by atoms with E-state index in [1.54, 1.807) is 6.11 Å². The molecule has 42 valence electrons. The summed E-state index contributed by atoms with van der Waals surface area (Å²) in [6.45, 7) is 1.48. The van der Waals surface area contributed by atoms with Crippen molar-refractivity contribution in [1.82, 2.24) is 0 Å². The summed E-state index contributed by atoms with van der Waals surface area (Å²) in [5, 5.41) is 15.9. The molecule has 7 heavy (non-hydrogen) atoms. The van der Waals surface area contributed by atoms with Crippen molar-refractivity contribution >= 4 is 12.4 Å². The minimum absolute atomic E-state index is 0. The number of aliphatic hydroxyl groups excluding tert-OH is 2. The molecule has 2 nitrogen and oxygen atoms in total. The van der Waals surface area contributed by atoms with Crippen LogP contribution in [0, 0.1) is 12.0 Å². The maximum atomic E-state index is 8.22. The third-order valence-corrected chi connectivity index (χ3v) is 0.273. The van der Waals surface area contributed by atoms with Gasteiger partial charge in [0.25, 0.3) is 0 Å². The van der Waals surface area contributed by atoms with E-state index in [1.165, 1.54) is 6.92 Å². The van der Waals surface area contributed by atoms with E-state index in [-0.39, 0.29) is 12.4 Å². The van der Waals surface area contributed by atoms with E-state index >= 15 is 0 Å². The summed E-state index contributed by atoms with van der Waals surface area (Å²) in [5.74, 6) is 2.07. The van der Waals surface area contributed by atoms with Gasteiger partial charge in [-0.05, 0) is 12.8 Å². The molecule has 0 aliphatic rings. The van der Waals surface area contributed by atoms with E-state index in [0.717, 1.165) is 0 Å². The third-order valence-electron chi connectivity index (χ3n) is 0.273. The highest BCUT2D eigenvalue weighted by atomic mass is 35.5. The first kappa shape index (κ1) is 9.79. The summed E-state index contributed by atoms with van der Waals surface area (Å²) in [7, 11) is 0. The van der Waals surface area contributed by atoms with Crippen molar-refractivity contribution in [3.63, 3.8) is 0 Å². The summed E-state index contributed by atoms with van der Waals surface area (Å²) in [5.41, 5.74) is 0. The van der Waals surface area contributed by atoms with Gasteiger partial charge in [0.1, 0.15) is 12.2 Å². The van der Waals surface area contributed by atoms with E-state index in [0.29, 0.717) is 0 Å². The monoisotopic (exact) mass is 122 g/mol. The lowest BCUT2D eigenvalue weighted by Crippen LogP contribution is -1.91. The Morgan fingerprint density at radius 1 is 1.57 bits per heavy atom. The molecule has 0 aliphatic heterocycles. The molecule has 0 amide bonds. The molecule has 0 rings (SSSR count). The van der Waals surface area contributed by atoms with Crippen LogP contribution in [-0.4, -0.2) is 16.3 Å². The molecule has 1 atom stereocenters. The van der Waals surface area contributed by atoms with Gasteiger partial charge in [0.15, 0.2) is 0 Å². The molecular weight excluding hydrogens is 115 g/mol. The van der Waals surface area contributed by atoms with E-state index in [4.69, 9.17) is 10.2 Å². The largest absolute Gasteiger partial charge is 0.462 e. The number of rotatable bonds is 0.